The third-order valence-corrected chi connectivity index (χ3v) is 5.53. The van der Waals surface area contributed by atoms with Crippen molar-refractivity contribution in [1.82, 2.24) is 0 Å². The number of rotatable bonds is 4. The lowest BCUT2D eigenvalue weighted by molar-refractivity contribution is 0.0993. The van der Waals surface area contributed by atoms with E-state index >= 15 is 0 Å². The van der Waals surface area contributed by atoms with Gasteiger partial charge in [0, 0.05) is 12.0 Å². The van der Waals surface area contributed by atoms with Crippen LogP contribution in [0, 0.1) is 0 Å². The van der Waals surface area contributed by atoms with Gasteiger partial charge in [-0.15, -0.1) is 0 Å². The van der Waals surface area contributed by atoms with Crippen LogP contribution in [-0.2, 0) is 6.42 Å². The van der Waals surface area contributed by atoms with Crippen LogP contribution in [0.1, 0.15) is 15.9 Å². The molecular formula is C28H20O. The molecule has 0 aliphatic heterocycles. The van der Waals surface area contributed by atoms with Crippen molar-refractivity contribution in [3.05, 3.63) is 120 Å². The summed E-state index contributed by atoms with van der Waals surface area (Å²) in [5.41, 5.74) is 4.11. The van der Waals surface area contributed by atoms with E-state index in [2.05, 4.69) is 66.7 Å². The summed E-state index contributed by atoms with van der Waals surface area (Å²) in [7, 11) is 0. The molecule has 0 unspecified atom stereocenters. The predicted molar refractivity (Wildman–Crippen MR) is 121 cm³/mol. The first kappa shape index (κ1) is 17.4. The minimum absolute atomic E-state index is 0.143. The monoisotopic (exact) mass is 372 g/mol. The van der Waals surface area contributed by atoms with Crippen LogP contribution in [0.25, 0.3) is 32.7 Å². The largest absolute Gasteiger partial charge is 0.294 e. The molecular weight excluding hydrogens is 352 g/mol. The van der Waals surface area contributed by atoms with Crippen LogP contribution >= 0.6 is 0 Å². The molecule has 0 aliphatic rings. The summed E-state index contributed by atoms with van der Waals surface area (Å²) in [4.78, 5) is 13.1. The smallest absolute Gasteiger partial charge is 0.167 e. The van der Waals surface area contributed by atoms with E-state index in [4.69, 9.17) is 0 Å². The Morgan fingerprint density at radius 2 is 1.24 bits per heavy atom. The van der Waals surface area contributed by atoms with E-state index in [1.807, 2.05) is 42.5 Å². The van der Waals surface area contributed by atoms with Crippen molar-refractivity contribution in [2.75, 3.05) is 0 Å². The van der Waals surface area contributed by atoms with Crippen LogP contribution in [0.3, 0.4) is 0 Å². The van der Waals surface area contributed by atoms with Gasteiger partial charge in [-0.05, 0) is 44.3 Å². The zero-order valence-electron chi connectivity index (χ0n) is 16.0. The molecule has 0 saturated carbocycles. The number of hydrogen-bond donors (Lipinski definition) is 0. The van der Waals surface area contributed by atoms with Crippen molar-refractivity contribution in [2.24, 2.45) is 0 Å². The van der Waals surface area contributed by atoms with Crippen LogP contribution in [0.2, 0.25) is 0 Å². The Morgan fingerprint density at radius 1 is 0.586 bits per heavy atom. The van der Waals surface area contributed by atoms with Crippen LogP contribution in [0.15, 0.2) is 109 Å². The Bertz CT molecular complexity index is 1330. The fraction of sp³-hybridized carbons (Fsp3) is 0.0357. The van der Waals surface area contributed by atoms with Gasteiger partial charge in [0.25, 0.3) is 0 Å². The molecule has 29 heavy (non-hydrogen) atoms. The molecule has 0 radical (unpaired) electrons. The Labute approximate surface area is 170 Å². The highest BCUT2D eigenvalue weighted by molar-refractivity contribution is 6.03. The van der Waals surface area contributed by atoms with Crippen molar-refractivity contribution in [3.8, 4) is 11.1 Å². The quantitative estimate of drug-likeness (QED) is 0.308. The molecule has 5 rings (SSSR count). The zero-order valence-corrected chi connectivity index (χ0v) is 16.0. The maximum Gasteiger partial charge on any atom is 0.167 e. The van der Waals surface area contributed by atoms with Crippen LogP contribution in [0.4, 0.5) is 0 Å². The highest BCUT2D eigenvalue weighted by atomic mass is 16.1. The SMILES string of the molecule is O=C(Cc1c(-c2ccc3ccccc3c2)ccc2ccccc12)c1ccccc1. The molecule has 0 heterocycles. The fourth-order valence-electron chi connectivity index (χ4n) is 4.04. The molecule has 5 aromatic rings. The van der Waals surface area contributed by atoms with Gasteiger partial charge in [0.1, 0.15) is 0 Å². The van der Waals surface area contributed by atoms with Crippen molar-refractivity contribution in [2.45, 2.75) is 6.42 Å². The molecule has 5 aromatic carbocycles. The summed E-state index contributed by atoms with van der Waals surface area (Å²) >= 11 is 0. The number of fused-ring (bicyclic) bond motifs is 2. The van der Waals surface area contributed by atoms with Crippen molar-refractivity contribution >= 4 is 27.3 Å². The number of carbonyl (C=O) groups is 1. The molecule has 138 valence electrons. The first-order chi connectivity index (χ1) is 14.3. The van der Waals surface area contributed by atoms with E-state index in [0.29, 0.717) is 6.42 Å². The van der Waals surface area contributed by atoms with Gasteiger partial charge in [0.05, 0.1) is 0 Å². The Kier molecular flexibility index (Phi) is 4.42. The molecule has 0 aromatic heterocycles. The minimum atomic E-state index is 0.143. The second-order valence-corrected chi connectivity index (χ2v) is 7.34. The molecule has 0 bridgehead atoms. The first-order valence-electron chi connectivity index (χ1n) is 9.88. The van der Waals surface area contributed by atoms with Gasteiger partial charge in [-0.3, -0.25) is 4.79 Å². The molecule has 1 nitrogen and oxygen atoms in total. The third-order valence-electron chi connectivity index (χ3n) is 5.53. The average Bonchev–Trinajstić information content (AvgIpc) is 2.79. The zero-order chi connectivity index (χ0) is 19.6. The summed E-state index contributed by atoms with van der Waals surface area (Å²) in [5.74, 6) is 0.143. The lowest BCUT2D eigenvalue weighted by Gasteiger charge is -2.14. The van der Waals surface area contributed by atoms with E-state index in [1.54, 1.807) is 0 Å². The van der Waals surface area contributed by atoms with Crippen molar-refractivity contribution in [1.29, 1.82) is 0 Å². The minimum Gasteiger partial charge on any atom is -0.294 e. The molecule has 0 atom stereocenters. The number of carbonyl (C=O) groups excluding carboxylic acids is 1. The van der Waals surface area contributed by atoms with Crippen molar-refractivity contribution < 1.29 is 4.79 Å². The van der Waals surface area contributed by atoms with E-state index < -0.39 is 0 Å². The number of hydrogen-bond acceptors (Lipinski definition) is 1. The summed E-state index contributed by atoms with van der Waals surface area (Å²) in [6.45, 7) is 0. The first-order valence-corrected chi connectivity index (χ1v) is 9.88. The second-order valence-electron chi connectivity index (χ2n) is 7.34. The summed E-state index contributed by atoms with van der Waals surface area (Å²) in [6.07, 6.45) is 0.382. The third kappa shape index (κ3) is 3.32. The second kappa shape index (κ2) is 7.37. The average molecular weight is 372 g/mol. The number of ketones is 1. The van der Waals surface area contributed by atoms with Gasteiger partial charge < -0.3 is 0 Å². The Hall–Kier alpha value is -3.71. The van der Waals surface area contributed by atoms with Crippen LogP contribution in [0.5, 0.6) is 0 Å². The van der Waals surface area contributed by atoms with Crippen molar-refractivity contribution in [3.63, 3.8) is 0 Å². The van der Waals surface area contributed by atoms with Gasteiger partial charge >= 0.3 is 0 Å². The summed E-state index contributed by atoms with van der Waals surface area (Å²) < 4.78 is 0. The van der Waals surface area contributed by atoms with Gasteiger partial charge in [0.15, 0.2) is 5.78 Å². The van der Waals surface area contributed by atoms with Gasteiger partial charge in [-0.25, -0.2) is 0 Å². The topological polar surface area (TPSA) is 17.1 Å². The highest BCUT2D eigenvalue weighted by Gasteiger charge is 2.15. The Morgan fingerprint density at radius 3 is 2.07 bits per heavy atom. The molecule has 0 spiro atoms. The molecule has 0 fully saturated rings. The van der Waals surface area contributed by atoms with Crippen LogP contribution < -0.4 is 0 Å². The molecule has 0 saturated heterocycles. The number of benzene rings is 5. The van der Waals surface area contributed by atoms with Gasteiger partial charge in [0.2, 0.25) is 0 Å². The summed E-state index contributed by atoms with van der Waals surface area (Å²) in [6, 6.07) is 37.1. The maximum atomic E-state index is 13.1. The molecule has 1 heteroatoms. The standard InChI is InChI=1S/C28H20O/c29-28(22-10-2-1-3-11-22)19-27-25-13-7-6-9-21(25)16-17-26(27)24-15-14-20-8-4-5-12-23(20)18-24/h1-18H,19H2. The van der Waals surface area contributed by atoms with E-state index in [-0.39, 0.29) is 5.78 Å². The molecule has 0 amide bonds. The maximum absolute atomic E-state index is 13.1. The van der Waals surface area contributed by atoms with E-state index in [1.165, 1.54) is 10.8 Å². The fourth-order valence-corrected chi connectivity index (χ4v) is 4.04. The van der Waals surface area contributed by atoms with Gasteiger partial charge in [-0.1, -0.05) is 103 Å². The van der Waals surface area contributed by atoms with E-state index in [9.17, 15) is 4.79 Å². The van der Waals surface area contributed by atoms with Gasteiger partial charge in [-0.2, -0.15) is 0 Å². The van der Waals surface area contributed by atoms with E-state index in [0.717, 1.165) is 33.0 Å². The summed E-state index contributed by atoms with van der Waals surface area (Å²) in [5, 5.41) is 4.73. The lowest BCUT2D eigenvalue weighted by Crippen LogP contribution is -2.05. The number of Topliss-reactive ketones (excluding diaryl/α,β-unsaturated/α-hetero) is 1. The predicted octanol–water partition coefficient (Wildman–Crippen LogP) is 7.09. The normalized spacial score (nSPS) is 11.0. The van der Waals surface area contributed by atoms with Crippen LogP contribution in [-0.4, -0.2) is 5.78 Å². The molecule has 0 aliphatic carbocycles. The highest BCUT2D eigenvalue weighted by Crippen LogP contribution is 2.33. The molecule has 0 N–H and O–H groups in total. The lowest BCUT2D eigenvalue weighted by atomic mass is 9.89. The Balaban J connectivity index is 1.68.